The number of benzene rings is 2. The third kappa shape index (κ3) is 4.57. The van der Waals surface area contributed by atoms with Gasteiger partial charge < -0.3 is 25.4 Å². The van der Waals surface area contributed by atoms with Gasteiger partial charge in [0.25, 0.3) is 5.91 Å². The molecule has 0 aliphatic carbocycles. The van der Waals surface area contributed by atoms with Crippen LogP contribution in [0.4, 0.5) is 23.7 Å². The number of urea groups is 1. The normalized spacial score (nSPS) is 16.3. The van der Waals surface area contributed by atoms with Crippen LogP contribution < -0.4 is 25.4 Å². The molecule has 0 saturated heterocycles. The topological polar surface area (TPSA) is 88.7 Å². The third-order valence-electron chi connectivity index (χ3n) is 4.74. The van der Waals surface area contributed by atoms with E-state index in [1.54, 1.807) is 18.2 Å². The van der Waals surface area contributed by atoms with E-state index in [4.69, 9.17) is 9.47 Å². The number of hydrogen-bond donors (Lipinski definition) is 3. The highest BCUT2D eigenvalue weighted by Gasteiger charge is 2.36. The van der Waals surface area contributed by atoms with Crippen LogP contribution in [0.25, 0.3) is 0 Å². The van der Waals surface area contributed by atoms with Gasteiger partial charge in [-0.05, 0) is 36.8 Å². The fourth-order valence-electron chi connectivity index (χ4n) is 3.31. The lowest BCUT2D eigenvalue weighted by Gasteiger charge is -2.29. The van der Waals surface area contributed by atoms with Crippen molar-refractivity contribution in [2.75, 3.05) is 19.5 Å². The van der Waals surface area contributed by atoms with Crippen molar-refractivity contribution in [1.29, 1.82) is 0 Å². The van der Waals surface area contributed by atoms with Crippen molar-refractivity contribution in [1.82, 2.24) is 10.6 Å². The Bertz CT molecular complexity index is 1050. The van der Waals surface area contributed by atoms with Gasteiger partial charge in [-0.3, -0.25) is 4.79 Å². The van der Waals surface area contributed by atoms with Crippen LogP contribution in [0.5, 0.6) is 11.5 Å². The molecule has 2 aromatic carbocycles. The zero-order valence-electron chi connectivity index (χ0n) is 16.9. The molecule has 2 aromatic rings. The molecule has 0 spiro atoms. The first-order valence-electron chi connectivity index (χ1n) is 9.13. The summed E-state index contributed by atoms with van der Waals surface area (Å²) in [5.41, 5.74) is -0.601. The molecule has 0 unspecified atom stereocenters. The summed E-state index contributed by atoms with van der Waals surface area (Å²) in [4.78, 5) is 25.1. The van der Waals surface area contributed by atoms with Crippen molar-refractivity contribution in [3.05, 3.63) is 64.9 Å². The fraction of sp³-hybridized carbons (Fsp3) is 0.238. The van der Waals surface area contributed by atoms with Crippen molar-refractivity contribution in [2.45, 2.75) is 19.1 Å². The van der Waals surface area contributed by atoms with Crippen LogP contribution >= 0.6 is 0 Å². The molecule has 10 heteroatoms. The van der Waals surface area contributed by atoms with Crippen molar-refractivity contribution in [3.63, 3.8) is 0 Å². The minimum Gasteiger partial charge on any atom is -0.493 e. The van der Waals surface area contributed by atoms with Gasteiger partial charge in [0.05, 0.1) is 37.1 Å². The van der Waals surface area contributed by atoms with E-state index in [1.165, 1.54) is 33.3 Å². The van der Waals surface area contributed by atoms with E-state index in [-0.39, 0.29) is 17.0 Å². The highest BCUT2D eigenvalue weighted by Crippen LogP contribution is 2.37. The van der Waals surface area contributed by atoms with Gasteiger partial charge >= 0.3 is 12.2 Å². The maximum absolute atomic E-state index is 13.3. The van der Waals surface area contributed by atoms with E-state index in [2.05, 4.69) is 16.0 Å². The number of alkyl halides is 3. The summed E-state index contributed by atoms with van der Waals surface area (Å²) in [6.45, 7) is 1.50. The summed E-state index contributed by atoms with van der Waals surface area (Å²) in [7, 11) is 2.90. The van der Waals surface area contributed by atoms with Gasteiger partial charge in [0.15, 0.2) is 11.5 Å². The quantitative estimate of drug-likeness (QED) is 0.663. The second-order valence-corrected chi connectivity index (χ2v) is 6.68. The molecule has 3 amide bonds. The maximum Gasteiger partial charge on any atom is 0.418 e. The minimum absolute atomic E-state index is 0.0591. The number of carbonyl (C=O) groups is 2. The number of halogens is 3. The van der Waals surface area contributed by atoms with Crippen molar-refractivity contribution in [3.8, 4) is 11.5 Å². The second kappa shape index (κ2) is 8.58. The largest absolute Gasteiger partial charge is 0.493 e. The SMILES string of the molecule is COc1ccc([C@H]2NC(=O)NC(C)=C2C(=O)Nc2ccccc2C(F)(F)F)cc1OC. The number of amides is 3. The molecule has 0 aromatic heterocycles. The number of carbonyl (C=O) groups excluding carboxylic acids is 2. The number of hydrogen-bond acceptors (Lipinski definition) is 4. The monoisotopic (exact) mass is 435 g/mol. The Morgan fingerprint density at radius 2 is 1.74 bits per heavy atom. The van der Waals surface area contributed by atoms with Crippen molar-refractivity contribution in [2.24, 2.45) is 0 Å². The van der Waals surface area contributed by atoms with Crippen LogP contribution in [0.15, 0.2) is 53.7 Å². The molecule has 1 aliphatic rings. The standard InChI is InChI=1S/C21H20F3N3O4/c1-11-17(19(28)26-14-7-5-4-6-13(14)21(22,23)24)18(27-20(29)25-11)12-8-9-15(30-2)16(10-12)31-3/h4-10,18H,1-3H3,(H,26,28)(H2,25,27,29)/t18-/m1/s1. The maximum atomic E-state index is 13.3. The predicted molar refractivity (Wildman–Crippen MR) is 107 cm³/mol. The van der Waals surface area contributed by atoms with E-state index in [9.17, 15) is 22.8 Å². The van der Waals surface area contributed by atoms with E-state index in [0.717, 1.165) is 12.1 Å². The van der Waals surface area contributed by atoms with E-state index in [1.807, 2.05) is 0 Å². The predicted octanol–water partition coefficient (Wildman–Crippen LogP) is 3.99. The Morgan fingerprint density at radius 1 is 1.06 bits per heavy atom. The number of nitrogens with one attached hydrogen (secondary N) is 3. The van der Waals surface area contributed by atoms with Gasteiger partial charge in [0.2, 0.25) is 0 Å². The number of methoxy groups -OCH3 is 2. The highest BCUT2D eigenvalue weighted by molar-refractivity contribution is 6.07. The molecule has 3 rings (SSSR count). The first-order valence-corrected chi connectivity index (χ1v) is 9.13. The average molecular weight is 435 g/mol. The Labute approximate surface area is 176 Å². The molecule has 0 saturated carbocycles. The average Bonchev–Trinajstić information content (AvgIpc) is 2.72. The zero-order chi connectivity index (χ0) is 22.8. The number of ether oxygens (including phenoxy) is 2. The lowest BCUT2D eigenvalue weighted by atomic mass is 9.94. The second-order valence-electron chi connectivity index (χ2n) is 6.68. The van der Waals surface area contributed by atoms with Gasteiger partial charge in [-0.25, -0.2) is 4.79 Å². The lowest BCUT2D eigenvalue weighted by molar-refractivity contribution is -0.137. The van der Waals surface area contributed by atoms with Gasteiger partial charge in [-0.1, -0.05) is 18.2 Å². The van der Waals surface area contributed by atoms with Crippen LogP contribution in [0, 0.1) is 0 Å². The minimum atomic E-state index is -4.64. The fourth-order valence-corrected chi connectivity index (χ4v) is 3.31. The Morgan fingerprint density at radius 3 is 2.39 bits per heavy atom. The van der Waals surface area contributed by atoms with E-state index >= 15 is 0 Å². The summed E-state index contributed by atoms with van der Waals surface area (Å²) in [6.07, 6.45) is -4.64. The number of para-hydroxylation sites is 1. The first kappa shape index (κ1) is 22.0. The Kier molecular flexibility index (Phi) is 6.09. The molecular weight excluding hydrogens is 415 g/mol. The molecule has 1 heterocycles. The van der Waals surface area contributed by atoms with Gasteiger partial charge in [0.1, 0.15) is 0 Å². The third-order valence-corrected chi connectivity index (χ3v) is 4.74. The van der Waals surface area contributed by atoms with Crippen molar-refractivity contribution >= 4 is 17.6 Å². The Balaban J connectivity index is 2.01. The molecule has 3 N–H and O–H groups in total. The summed E-state index contributed by atoms with van der Waals surface area (Å²) in [5.74, 6) is 0.0198. The van der Waals surface area contributed by atoms with E-state index in [0.29, 0.717) is 17.1 Å². The van der Waals surface area contributed by atoms with Crippen molar-refractivity contribution < 1.29 is 32.2 Å². The molecule has 7 nitrogen and oxygen atoms in total. The number of anilines is 1. The zero-order valence-corrected chi connectivity index (χ0v) is 16.9. The number of allylic oxidation sites excluding steroid dienone is 1. The molecule has 0 fully saturated rings. The molecule has 31 heavy (non-hydrogen) atoms. The van der Waals surface area contributed by atoms with Crippen LogP contribution in [0.2, 0.25) is 0 Å². The van der Waals surface area contributed by atoms with E-state index < -0.39 is 29.7 Å². The number of rotatable bonds is 5. The Hall–Kier alpha value is -3.69. The van der Waals surface area contributed by atoms with Crippen LogP contribution in [-0.4, -0.2) is 26.2 Å². The van der Waals surface area contributed by atoms with Gasteiger partial charge in [-0.2, -0.15) is 13.2 Å². The molecule has 1 atom stereocenters. The summed E-state index contributed by atoms with van der Waals surface area (Å²) < 4.78 is 50.4. The summed E-state index contributed by atoms with van der Waals surface area (Å²) in [5, 5.41) is 7.43. The molecule has 0 bridgehead atoms. The van der Waals surface area contributed by atoms with Gasteiger partial charge in [0, 0.05) is 5.70 Å². The first-order chi connectivity index (χ1) is 14.7. The lowest BCUT2D eigenvalue weighted by Crippen LogP contribution is -2.46. The summed E-state index contributed by atoms with van der Waals surface area (Å²) >= 11 is 0. The van der Waals surface area contributed by atoms with Crippen LogP contribution in [0.3, 0.4) is 0 Å². The smallest absolute Gasteiger partial charge is 0.418 e. The highest BCUT2D eigenvalue weighted by atomic mass is 19.4. The summed E-state index contributed by atoms with van der Waals surface area (Å²) in [6, 6.07) is 8.00. The molecular formula is C21H20F3N3O4. The van der Waals surface area contributed by atoms with Crippen LogP contribution in [0.1, 0.15) is 24.1 Å². The molecule has 164 valence electrons. The van der Waals surface area contributed by atoms with Gasteiger partial charge in [-0.15, -0.1) is 0 Å². The molecule has 1 aliphatic heterocycles. The molecule has 0 radical (unpaired) electrons. The van der Waals surface area contributed by atoms with Crippen LogP contribution in [-0.2, 0) is 11.0 Å².